The zero-order valence-corrected chi connectivity index (χ0v) is 22.1. The number of hydrogen-bond donors (Lipinski definition) is 1. The lowest BCUT2D eigenvalue weighted by atomic mass is 9.99. The molecule has 1 aromatic heterocycles. The normalized spacial score (nSPS) is 13.2. The van der Waals surface area contributed by atoms with E-state index in [1.807, 2.05) is 0 Å². The van der Waals surface area contributed by atoms with Crippen molar-refractivity contribution in [2.75, 3.05) is 19.6 Å². The third kappa shape index (κ3) is 8.80. The van der Waals surface area contributed by atoms with Gasteiger partial charge in [0.2, 0.25) is 0 Å². The van der Waals surface area contributed by atoms with Crippen LogP contribution in [0.5, 0.6) is 0 Å². The molecule has 3 nitrogen and oxygen atoms in total. The summed E-state index contributed by atoms with van der Waals surface area (Å²) in [4.78, 5) is 6.84. The number of nitrogens with zero attached hydrogens (tertiary/aromatic N) is 2. The number of aromatic nitrogens is 1. The van der Waals surface area contributed by atoms with Gasteiger partial charge >= 0.3 is 12.4 Å². The molecule has 0 fully saturated rings. The Morgan fingerprint density at radius 1 is 0.692 bits per heavy atom. The van der Waals surface area contributed by atoms with Crippen molar-refractivity contribution in [2.24, 2.45) is 0 Å². The molecule has 0 aliphatic rings. The molecule has 3 rings (SSSR count). The van der Waals surface area contributed by atoms with Gasteiger partial charge in [-0.15, -0.1) is 0 Å². The summed E-state index contributed by atoms with van der Waals surface area (Å²) in [7, 11) is 0. The van der Waals surface area contributed by atoms with Gasteiger partial charge in [0.05, 0.1) is 28.6 Å². The van der Waals surface area contributed by atoms with Crippen LogP contribution in [0.1, 0.15) is 68.7 Å². The molecule has 0 saturated carbocycles. The van der Waals surface area contributed by atoms with Gasteiger partial charge in [0, 0.05) is 17.7 Å². The van der Waals surface area contributed by atoms with E-state index in [0.29, 0.717) is 41.0 Å². The second-order valence-electron chi connectivity index (χ2n) is 9.67. The van der Waals surface area contributed by atoms with Gasteiger partial charge in [-0.3, -0.25) is 0 Å². The monoisotopic (exact) mass is 552 g/mol. The molecule has 0 spiro atoms. The maximum atomic E-state index is 13.1. The largest absolute Gasteiger partial charge is 0.416 e. The molecule has 0 aliphatic heterocycles. The van der Waals surface area contributed by atoms with Crippen LogP contribution in [0.2, 0.25) is 0 Å². The van der Waals surface area contributed by atoms with Crippen LogP contribution in [0, 0.1) is 0 Å². The summed E-state index contributed by atoms with van der Waals surface area (Å²) in [6.07, 6.45) is -5.23. The number of hydrogen-bond acceptors (Lipinski definition) is 3. The molecule has 0 amide bonds. The smallest absolute Gasteiger partial charge is 0.388 e. The average Bonchev–Trinajstić information content (AvgIpc) is 2.91. The number of benzene rings is 2. The molecule has 0 aliphatic carbocycles. The molecule has 1 atom stereocenters. The lowest BCUT2D eigenvalue weighted by Gasteiger charge is -2.24. The Balaban J connectivity index is 1.95. The Bertz CT molecular complexity index is 1090. The maximum absolute atomic E-state index is 13.1. The minimum absolute atomic E-state index is 0.323. The van der Waals surface area contributed by atoms with Crippen molar-refractivity contribution in [3.63, 3.8) is 0 Å². The Morgan fingerprint density at radius 3 is 1.46 bits per heavy atom. The van der Waals surface area contributed by atoms with Crippen molar-refractivity contribution in [3.05, 3.63) is 77.4 Å². The summed E-state index contributed by atoms with van der Waals surface area (Å²) in [6.45, 7) is 6.75. The topological polar surface area (TPSA) is 36.4 Å². The zero-order chi connectivity index (χ0) is 28.6. The number of aliphatic hydroxyl groups excluding tert-OH is 1. The molecule has 0 unspecified atom stereocenters. The minimum Gasteiger partial charge on any atom is -0.388 e. The van der Waals surface area contributed by atoms with E-state index in [9.17, 15) is 31.4 Å². The third-order valence-electron chi connectivity index (χ3n) is 6.62. The van der Waals surface area contributed by atoms with Crippen LogP contribution in [0.25, 0.3) is 22.5 Å². The molecule has 0 saturated heterocycles. The molecule has 3 aromatic rings. The summed E-state index contributed by atoms with van der Waals surface area (Å²) in [5, 5.41) is 11.1. The highest BCUT2D eigenvalue weighted by molar-refractivity contribution is 5.68. The summed E-state index contributed by atoms with van der Waals surface area (Å²) in [5.74, 6) is 0. The van der Waals surface area contributed by atoms with E-state index in [1.165, 1.54) is 24.3 Å². The molecule has 1 N–H and O–H groups in total. The first-order valence-electron chi connectivity index (χ1n) is 13.2. The van der Waals surface area contributed by atoms with Crippen molar-refractivity contribution in [1.82, 2.24) is 9.88 Å². The van der Waals surface area contributed by atoms with Crippen molar-refractivity contribution >= 4 is 0 Å². The Labute approximate surface area is 225 Å². The predicted molar refractivity (Wildman–Crippen MR) is 141 cm³/mol. The number of rotatable bonds is 12. The number of alkyl halides is 6. The molecule has 1 heterocycles. The average molecular weight is 553 g/mol. The highest BCUT2D eigenvalue weighted by atomic mass is 19.4. The van der Waals surface area contributed by atoms with Crippen molar-refractivity contribution < 1.29 is 31.4 Å². The summed E-state index contributed by atoms with van der Waals surface area (Å²) in [6, 6.07) is 12.3. The Hall–Kier alpha value is -2.91. The summed E-state index contributed by atoms with van der Waals surface area (Å²) >= 11 is 0. The molecular formula is C30H34F6N2O. The van der Waals surface area contributed by atoms with Gasteiger partial charge in [-0.05, 0) is 74.3 Å². The van der Waals surface area contributed by atoms with E-state index in [4.69, 9.17) is 0 Å². The summed E-state index contributed by atoms with van der Waals surface area (Å²) < 4.78 is 78.4. The standard InChI is InChI=1S/C30H34F6N2O/c1-3-5-16-38(17-6-4-2)18-15-28(39)23-19-26(21-7-11-24(12-8-21)29(31,32)33)37-27(20-23)22-9-13-25(14-10-22)30(34,35)36/h7-14,19-20,28,39H,3-6,15-18H2,1-2H3/t28-/m0/s1. The molecular weight excluding hydrogens is 518 g/mol. The van der Waals surface area contributed by atoms with Crippen LogP contribution < -0.4 is 0 Å². The first-order valence-corrected chi connectivity index (χ1v) is 13.2. The number of unbranched alkanes of at least 4 members (excludes halogenated alkanes) is 2. The Morgan fingerprint density at radius 2 is 1.10 bits per heavy atom. The van der Waals surface area contributed by atoms with Gasteiger partial charge in [0.25, 0.3) is 0 Å². The van der Waals surface area contributed by atoms with Crippen LogP contribution in [0.4, 0.5) is 26.3 Å². The number of pyridine rings is 1. The van der Waals surface area contributed by atoms with Gasteiger partial charge in [0.1, 0.15) is 0 Å². The van der Waals surface area contributed by atoms with E-state index in [-0.39, 0.29) is 0 Å². The van der Waals surface area contributed by atoms with E-state index >= 15 is 0 Å². The first-order chi connectivity index (χ1) is 18.4. The molecule has 9 heteroatoms. The van der Waals surface area contributed by atoms with E-state index in [1.54, 1.807) is 12.1 Å². The molecule has 0 radical (unpaired) electrons. The lowest BCUT2D eigenvalue weighted by Crippen LogP contribution is -2.28. The van der Waals surface area contributed by atoms with Crippen molar-refractivity contribution in [3.8, 4) is 22.5 Å². The molecule has 39 heavy (non-hydrogen) atoms. The summed E-state index contributed by atoms with van der Waals surface area (Å²) in [5.41, 5.74) is 0.346. The van der Waals surface area contributed by atoms with Gasteiger partial charge in [-0.25, -0.2) is 4.98 Å². The third-order valence-corrected chi connectivity index (χ3v) is 6.62. The lowest BCUT2D eigenvalue weighted by molar-refractivity contribution is -0.138. The number of aliphatic hydroxyl groups is 1. The van der Waals surface area contributed by atoms with Crippen LogP contribution in [0.15, 0.2) is 60.7 Å². The van der Waals surface area contributed by atoms with Crippen LogP contribution >= 0.6 is 0 Å². The quantitative estimate of drug-likeness (QED) is 0.228. The van der Waals surface area contributed by atoms with Gasteiger partial charge in [0.15, 0.2) is 0 Å². The molecule has 212 valence electrons. The fraction of sp³-hybridized carbons (Fsp3) is 0.433. The number of halogens is 6. The van der Waals surface area contributed by atoms with E-state index in [2.05, 4.69) is 23.7 Å². The molecule has 0 bridgehead atoms. The van der Waals surface area contributed by atoms with Crippen LogP contribution in [-0.2, 0) is 12.4 Å². The maximum Gasteiger partial charge on any atom is 0.416 e. The fourth-order valence-corrected chi connectivity index (χ4v) is 4.27. The fourth-order valence-electron chi connectivity index (χ4n) is 4.27. The first kappa shape index (κ1) is 30.6. The van der Waals surface area contributed by atoms with Gasteiger partial charge in [-0.2, -0.15) is 26.3 Å². The Kier molecular flexibility index (Phi) is 10.6. The SMILES string of the molecule is CCCCN(CCCC)CC[C@H](O)c1cc(-c2ccc(C(F)(F)F)cc2)nc(-c2ccc(C(F)(F)F)cc2)c1. The highest BCUT2D eigenvalue weighted by Gasteiger charge is 2.31. The zero-order valence-electron chi connectivity index (χ0n) is 22.1. The second-order valence-corrected chi connectivity index (χ2v) is 9.67. The minimum atomic E-state index is -4.49. The van der Waals surface area contributed by atoms with E-state index < -0.39 is 29.6 Å². The van der Waals surface area contributed by atoms with E-state index in [0.717, 1.165) is 63.0 Å². The highest BCUT2D eigenvalue weighted by Crippen LogP contribution is 2.34. The van der Waals surface area contributed by atoms with Gasteiger partial charge in [-0.1, -0.05) is 51.0 Å². The second kappa shape index (κ2) is 13.4. The van der Waals surface area contributed by atoms with Crippen molar-refractivity contribution in [2.45, 2.75) is 64.4 Å². The molecule has 2 aromatic carbocycles. The van der Waals surface area contributed by atoms with Crippen LogP contribution in [-0.4, -0.2) is 34.6 Å². The van der Waals surface area contributed by atoms with Gasteiger partial charge < -0.3 is 10.0 Å². The van der Waals surface area contributed by atoms with Crippen molar-refractivity contribution in [1.29, 1.82) is 0 Å². The van der Waals surface area contributed by atoms with Crippen LogP contribution in [0.3, 0.4) is 0 Å². The predicted octanol–water partition coefficient (Wildman–Crippen LogP) is 8.78.